The smallest absolute Gasteiger partial charge is 0.254 e. The number of rotatable bonds is 6. The van der Waals surface area contributed by atoms with Crippen molar-refractivity contribution in [2.45, 2.75) is 12.8 Å². The second-order valence-electron chi connectivity index (χ2n) is 7.48. The van der Waals surface area contributed by atoms with Gasteiger partial charge in [-0.05, 0) is 49.2 Å². The van der Waals surface area contributed by atoms with Crippen LogP contribution in [0.2, 0.25) is 0 Å². The third-order valence-corrected chi connectivity index (χ3v) is 5.60. The molecule has 31 heavy (non-hydrogen) atoms. The highest BCUT2D eigenvalue weighted by atomic mass is 16.5. The van der Waals surface area contributed by atoms with Crippen LogP contribution in [0.15, 0.2) is 42.5 Å². The molecule has 0 aromatic heterocycles. The Morgan fingerprint density at radius 2 is 1.48 bits per heavy atom. The van der Waals surface area contributed by atoms with Gasteiger partial charge in [0, 0.05) is 48.9 Å². The zero-order valence-corrected chi connectivity index (χ0v) is 18.0. The van der Waals surface area contributed by atoms with Gasteiger partial charge in [-0.15, -0.1) is 0 Å². The number of nitrogens with zero attached hydrogens (tertiary/aromatic N) is 2. The Hall–Kier alpha value is -3.55. The van der Waals surface area contributed by atoms with Crippen molar-refractivity contribution in [3.8, 4) is 11.5 Å². The van der Waals surface area contributed by atoms with E-state index in [0.29, 0.717) is 54.2 Å². The van der Waals surface area contributed by atoms with Crippen LogP contribution in [-0.2, 0) is 4.79 Å². The van der Waals surface area contributed by atoms with Crippen molar-refractivity contribution in [2.24, 2.45) is 11.7 Å². The number of ether oxygens (including phenoxy) is 2. The van der Waals surface area contributed by atoms with Crippen molar-refractivity contribution in [2.75, 3.05) is 39.3 Å². The number of hydrogen-bond donors (Lipinski definition) is 1. The summed E-state index contributed by atoms with van der Waals surface area (Å²) >= 11 is 0. The number of piperidine rings is 1. The number of amides is 3. The molecule has 0 radical (unpaired) electrons. The number of likely N-dealkylation sites (tertiary alicyclic amines) is 1. The zero-order chi connectivity index (χ0) is 22.5. The first kappa shape index (κ1) is 22.1. The lowest BCUT2D eigenvalue weighted by molar-refractivity contribution is -0.123. The van der Waals surface area contributed by atoms with Crippen molar-refractivity contribution < 1.29 is 23.9 Å². The Balaban J connectivity index is 1.62. The molecule has 1 aliphatic heterocycles. The lowest BCUT2D eigenvalue weighted by Gasteiger charge is -2.33. The monoisotopic (exact) mass is 425 g/mol. The van der Waals surface area contributed by atoms with Crippen molar-refractivity contribution in [1.29, 1.82) is 0 Å². The molecule has 0 spiro atoms. The summed E-state index contributed by atoms with van der Waals surface area (Å²) in [5.74, 6) is 0.296. The molecule has 0 bridgehead atoms. The number of methoxy groups -OCH3 is 2. The molecule has 0 aliphatic carbocycles. The van der Waals surface area contributed by atoms with Crippen LogP contribution in [0.4, 0.5) is 5.69 Å². The highest BCUT2D eigenvalue weighted by Crippen LogP contribution is 2.27. The van der Waals surface area contributed by atoms with Gasteiger partial charge in [-0.3, -0.25) is 14.4 Å². The molecular weight excluding hydrogens is 398 g/mol. The Morgan fingerprint density at radius 3 is 1.97 bits per heavy atom. The first-order chi connectivity index (χ1) is 14.8. The zero-order valence-electron chi connectivity index (χ0n) is 18.0. The fourth-order valence-electron chi connectivity index (χ4n) is 3.69. The first-order valence-electron chi connectivity index (χ1n) is 10.0. The molecule has 8 nitrogen and oxygen atoms in total. The Bertz CT molecular complexity index is 943. The number of carbonyl (C=O) groups excluding carboxylic acids is 3. The molecule has 0 saturated carbocycles. The number of benzene rings is 2. The van der Waals surface area contributed by atoms with E-state index < -0.39 is 5.91 Å². The molecule has 1 saturated heterocycles. The van der Waals surface area contributed by atoms with E-state index in [0.717, 1.165) is 0 Å². The molecule has 3 amide bonds. The maximum absolute atomic E-state index is 12.9. The summed E-state index contributed by atoms with van der Waals surface area (Å²) in [5.41, 5.74) is 6.84. The molecule has 1 aliphatic rings. The van der Waals surface area contributed by atoms with E-state index in [9.17, 15) is 14.4 Å². The number of anilines is 1. The second kappa shape index (κ2) is 9.51. The highest BCUT2D eigenvalue weighted by molar-refractivity contribution is 5.97. The van der Waals surface area contributed by atoms with Gasteiger partial charge in [0.1, 0.15) is 11.5 Å². The molecule has 0 unspecified atom stereocenters. The van der Waals surface area contributed by atoms with Crippen molar-refractivity contribution in [1.82, 2.24) is 4.90 Å². The van der Waals surface area contributed by atoms with E-state index in [-0.39, 0.29) is 17.7 Å². The summed E-state index contributed by atoms with van der Waals surface area (Å²) in [4.78, 5) is 40.4. The van der Waals surface area contributed by atoms with Gasteiger partial charge < -0.3 is 25.0 Å². The van der Waals surface area contributed by atoms with Gasteiger partial charge in [-0.1, -0.05) is 0 Å². The van der Waals surface area contributed by atoms with Crippen LogP contribution in [0, 0.1) is 5.92 Å². The predicted molar refractivity (Wildman–Crippen MR) is 117 cm³/mol. The number of carbonyl (C=O) groups is 3. The average Bonchev–Trinajstić information content (AvgIpc) is 2.82. The van der Waals surface area contributed by atoms with E-state index in [1.165, 1.54) is 14.2 Å². The van der Waals surface area contributed by atoms with Crippen LogP contribution in [0.5, 0.6) is 11.5 Å². The van der Waals surface area contributed by atoms with E-state index in [1.807, 2.05) is 0 Å². The maximum atomic E-state index is 12.9. The molecule has 1 heterocycles. The Kier molecular flexibility index (Phi) is 6.79. The van der Waals surface area contributed by atoms with Gasteiger partial charge in [0.15, 0.2) is 0 Å². The molecule has 3 rings (SSSR count). The molecule has 2 aromatic carbocycles. The molecular formula is C23H27N3O5. The summed E-state index contributed by atoms with van der Waals surface area (Å²) in [5, 5.41) is 0. The van der Waals surface area contributed by atoms with E-state index in [4.69, 9.17) is 15.2 Å². The van der Waals surface area contributed by atoms with Crippen molar-refractivity contribution >= 4 is 23.4 Å². The Morgan fingerprint density at radius 1 is 0.935 bits per heavy atom. The van der Waals surface area contributed by atoms with Crippen molar-refractivity contribution in [3.63, 3.8) is 0 Å². The molecule has 2 N–H and O–H groups in total. The van der Waals surface area contributed by atoms with Gasteiger partial charge in [0.2, 0.25) is 11.8 Å². The topological polar surface area (TPSA) is 102 Å². The van der Waals surface area contributed by atoms with Gasteiger partial charge in [-0.2, -0.15) is 0 Å². The minimum atomic E-state index is -0.508. The fraction of sp³-hybridized carbons (Fsp3) is 0.348. The summed E-state index contributed by atoms with van der Waals surface area (Å²) in [6.07, 6.45) is 1.16. The van der Waals surface area contributed by atoms with Crippen LogP contribution in [0.25, 0.3) is 0 Å². The van der Waals surface area contributed by atoms with E-state index in [1.54, 1.807) is 59.3 Å². The molecule has 164 valence electrons. The first-order valence-corrected chi connectivity index (χ1v) is 10.0. The number of hydrogen-bond acceptors (Lipinski definition) is 5. The van der Waals surface area contributed by atoms with Gasteiger partial charge >= 0.3 is 0 Å². The number of primary amides is 1. The molecule has 1 fully saturated rings. The van der Waals surface area contributed by atoms with Gasteiger partial charge in [-0.25, -0.2) is 0 Å². The third-order valence-electron chi connectivity index (χ3n) is 5.60. The maximum Gasteiger partial charge on any atom is 0.254 e. The van der Waals surface area contributed by atoms with E-state index >= 15 is 0 Å². The van der Waals surface area contributed by atoms with Crippen LogP contribution >= 0.6 is 0 Å². The summed E-state index contributed by atoms with van der Waals surface area (Å²) in [6.45, 7) is 0.979. The fourth-order valence-corrected chi connectivity index (χ4v) is 3.69. The lowest BCUT2D eigenvalue weighted by Crippen LogP contribution is -2.43. The quantitative estimate of drug-likeness (QED) is 0.765. The standard InChI is InChI=1S/C23H27N3O5/c1-25(18-6-4-15(5-7-18)21(24)27)22(28)16-8-10-26(11-9-16)23(29)17-12-19(30-2)14-20(13-17)31-3/h4-7,12-14,16H,8-11H2,1-3H3,(H2,24,27). The summed E-state index contributed by atoms with van der Waals surface area (Å²) in [6, 6.07) is 11.7. The largest absolute Gasteiger partial charge is 0.497 e. The minimum Gasteiger partial charge on any atom is -0.497 e. The third kappa shape index (κ3) is 4.96. The molecule has 2 aromatic rings. The predicted octanol–water partition coefficient (Wildman–Crippen LogP) is 2.32. The van der Waals surface area contributed by atoms with Gasteiger partial charge in [0.25, 0.3) is 5.91 Å². The summed E-state index contributed by atoms with van der Waals surface area (Å²) < 4.78 is 10.5. The number of nitrogens with two attached hydrogens (primary N) is 1. The highest BCUT2D eigenvalue weighted by Gasteiger charge is 2.30. The SMILES string of the molecule is COc1cc(OC)cc(C(=O)N2CCC(C(=O)N(C)c3ccc(C(N)=O)cc3)CC2)c1. The van der Waals surface area contributed by atoms with Crippen molar-refractivity contribution in [3.05, 3.63) is 53.6 Å². The minimum absolute atomic E-state index is 0.0121. The van der Waals surface area contributed by atoms with E-state index in [2.05, 4.69) is 0 Å². The van der Waals surface area contributed by atoms with Crippen LogP contribution < -0.4 is 20.1 Å². The van der Waals surface area contributed by atoms with Crippen LogP contribution in [-0.4, -0.2) is 57.0 Å². The van der Waals surface area contributed by atoms with Crippen LogP contribution in [0.3, 0.4) is 0 Å². The van der Waals surface area contributed by atoms with Gasteiger partial charge in [0.05, 0.1) is 14.2 Å². The summed E-state index contributed by atoms with van der Waals surface area (Å²) in [7, 11) is 4.79. The molecule has 8 heteroatoms. The molecule has 0 atom stereocenters. The average molecular weight is 425 g/mol. The van der Waals surface area contributed by atoms with Crippen LogP contribution in [0.1, 0.15) is 33.6 Å². The normalized spacial score (nSPS) is 14.1. The lowest BCUT2D eigenvalue weighted by atomic mass is 9.94. The Labute approximate surface area is 181 Å². The second-order valence-corrected chi connectivity index (χ2v) is 7.48.